The molecule has 1 aromatic rings. The zero-order valence-electron chi connectivity index (χ0n) is 11.2. The van der Waals surface area contributed by atoms with E-state index >= 15 is 0 Å². The number of aromatic nitrogens is 1. The Bertz CT molecular complexity index is 433. The highest BCUT2D eigenvalue weighted by Crippen LogP contribution is 2.33. The summed E-state index contributed by atoms with van der Waals surface area (Å²) in [6.07, 6.45) is 4.12. The Hall–Kier alpha value is -1.15. The van der Waals surface area contributed by atoms with Crippen molar-refractivity contribution < 1.29 is 4.74 Å². The number of allylic oxidation sites excluding steroid dienone is 1. The number of rotatable bonds is 2. The molecule has 92 valence electrons. The van der Waals surface area contributed by atoms with Crippen molar-refractivity contribution in [1.82, 2.24) is 4.98 Å². The summed E-state index contributed by atoms with van der Waals surface area (Å²) in [6.45, 7) is 10.3. The first kappa shape index (κ1) is 12.3. The van der Waals surface area contributed by atoms with Gasteiger partial charge >= 0.3 is 0 Å². The summed E-state index contributed by atoms with van der Waals surface area (Å²) in [5, 5.41) is 0. The van der Waals surface area contributed by atoms with Gasteiger partial charge in [0.1, 0.15) is 0 Å². The number of fused-ring (bicyclic) bond motifs is 1. The third-order valence-corrected chi connectivity index (χ3v) is 3.25. The van der Waals surface area contributed by atoms with Crippen LogP contribution in [-0.2, 0) is 11.3 Å². The molecule has 0 saturated carbocycles. The van der Waals surface area contributed by atoms with Gasteiger partial charge in [0.25, 0.3) is 0 Å². The number of pyridine rings is 1. The van der Waals surface area contributed by atoms with Gasteiger partial charge in [-0.25, -0.2) is 0 Å². The molecule has 0 bridgehead atoms. The quantitative estimate of drug-likeness (QED) is 0.773. The van der Waals surface area contributed by atoms with Gasteiger partial charge < -0.3 is 4.74 Å². The molecule has 17 heavy (non-hydrogen) atoms. The van der Waals surface area contributed by atoms with Crippen molar-refractivity contribution in [3.63, 3.8) is 0 Å². The fraction of sp³-hybridized carbons (Fsp3) is 0.533. The molecule has 2 heterocycles. The molecule has 0 atom stereocenters. The molecule has 2 rings (SSSR count). The Morgan fingerprint density at radius 2 is 1.94 bits per heavy atom. The van der Waals surface area contributed by atoms with Gasteiger partial charge in [-0.1, -0.05) is 33.8 Å². The van der Waals surface area contributed by atoms with E-state index in [4.69, 9.17) is 4.74 Å². The Morgan fingerprint density at radius 3 is 2.59 bits per heavy atom. The fourth-order valence-corrected chi connectivity index (χ4v) is 2.38. The lowest BCUT2D eigenvalue weighted by atomic mass is 9.87. The maximum atomic E-state index is 5.60. The van der Waals surface area contributed by atoms with Crippen molar-refractivity contribution in [3.05, 3.63) is 35.2 Å². The predicted molar refractivity (Wildman–Crippen MR) is 70.8 cm³/mol. The van der Waals surface area contributed by atoms with Gasteiger partial charge in [0.2, 0.25) is 0 Å². The van der Waals surface area contributed by atoms with Crippen molar-refractivity contribution in [2.75, 3.05) is 6.61 Å². The van der Waals surface area contributed by atoms with Crippen LogP contribution in [0, 0.1) is 5.92 Å². The monoisotopic (exact) mass is 231 g/mol. The standard InChI is InChI=1S/C15H21NO/c1-10(2)12-5-7-16-14-9-17-8-6-13(11(3)4)15(12)14/h5-7,10-11H,8-9H2,1-4H3. The lowest BCUT2D eigenvalue weighted by molar-refractivity contribution is 0.147. The zero-order valence-corrected chi connectivity index (χ0v) is 11.2. The number of nitrogens with zero attached hydrogens (tertiary/aromatic N) is 1. The first-order chi connectivity index (χ1) is 8.11. The lowest BCUT2D eigenvalue weighted by Crippen LogP contribution is -2.06. The minimum atomic E-state index is 0.511. The van der Waals surface area contributed by atoms with Crippen molar-refractivity contribution in [3.8, 4) is 0 Å². The van der Waals surface area contributed by atoms with E-state index in [1.165, 1.54) is 16.7 Å². The van der Waals surface area contributed by atoms with Crippen LogP contribution in [0.5, 0.6) is 0 Å². The Morgan fingerprint density at radius 1 is 1.18 bits per heavy atom. The molecule has 1 aliphatic heterocycles. The molecule has 0 aromatic carbocycles. The van der Waals surface area contributed by atoms with E-state index < -0.39 is 0 Å². The van der Waals surface area contributed by atoms with Gasteiger partial charge in [-0.05, 0) is 29.0 Å². The van der Waals surface area contributed by atoms with E-state index in [0.717, 1.165) is 5.69 Å². The predicted octanol–water partition coefficient (Wildman–Crippen LogP) is 3.77. The molecular weight excluding hydrogens is 210 g/mol. The van der Waals surface area contributed by atoms with E-state index in [1.807, 2.05) is 6.20 Å². The summed E-state index contributed by atoms with van der Waals surface area (Å²) in [5.74, 6) is 1.03. The van der Waals surface area contributed by atoms with Crippen LogP contribution in [-0.4, -0.2) is 11.6 Å². The van der Waals surface area contributed by atoms with Crippen LogP contribution in [0.15, 0.2) is 18.3 Å². The summed E-state index contributed by atoms with van der Waals surface area (Å²) in [4.78, 5) is 4.49. The van der Waals surface area contributed by atoms with Crippen LogP contribution in [0.1, 0.15) is 50.4 Å². The van der Waals surface area contributed by atoms with Gasteiger partial charge in [-0.2, -0.15) is 0 Å². The fourth-order valence-electron chi connectivity index (χ4n) is 2.38. The third-order valence-electron chi connectivity index (χ3n) is 3.25. The summed E-state index contributed by atoms with van der Waals surface area (Å²) >= 11 is 0. The summed E-state index contributed by atoms with van der Waals surface area (Å²) in [6, 6.07) is 2.14. The van der Waals surface area contributed by atoms with Crippen LogP contribution >= 0.6 is 0 Å². The molecular formula is C15H21NO. The largest absolute Gasteiger partial charge is 0.371 e. The second-order valence-electron chi connectivity index (χ2n) is 5.21. The molecule has 1 aromatic heterocycles. The molecule has 0 unspecified atom stereocenters. The SMILES string of the molecule is CC(C)C1=CCOCc2nccc(C(C)C)c21. The van der Waals surface area contributed by atoms with E-state index in [9.17, 15) is 0 Å². The smallest absolute Gasteiger partial charge is 0.0898 e. The number of ether oxygens (including phenoxy) is 1. The Balaban J connectivity index is 2.61. The number of hydrogen-bond acceptors (Lipinski definition) is 2. The summed E-state index contributed by atoms with van der Waals surface area (Å²) in [7, 11) is 0. The highest BCUT2D eigenvalue weighted by Gasteiger charge is 2.20. The second-order valence-corrected chi connectivity index (χ2v) is 5.21. The second kappa shape index (κ2) is 5.01. The van der Waals surface area contributed by atoms with Crippen molar-refractivity contribution >= 4 is 5.57 Å². The van der Waals surface area contributed by atoms with E-state index in [-0.39, 0.29) is 0 Å². The zero-order chi connectivity index (χ0) is 12.4. The Kier molecular flexibility index (Phi) is 3.63. The maximum absolute atomic E-state index is 5.60. The molecule has 1 aliphatic rings. The lowest BCUT2D eigenvalue weighted by Gasteiger charge is -2.19. The third kappa shape index (κ3) is 2.42. The molecule has 0 fully saturated rings. The minimum absolute atomic E-state index is 0.511. The van der Waals surface area contributed by atoms with Crippen LogP contribution < -0.4 is 0 Å². The number of hydrogen-bond donors (Lipinski definition) is 0. The van der Waals surface area contributed by atoms with Gasteiger partial charge in [-0.15, -0.1) is 0 Å². The Labute approximate surface area is 104 Å². The van der Waals surface area contributed by atoms with E-state index in [0.29, 0.717) is 25.0 Å². The minimum Gasteiger partial charge on any atom is -0.371 e. The average molecular weight is 231 g/mol. The van der Waals surface area contributed by atoms with Crippen molar-refractivity contribution in [1.29, 1.82) is 0 Å². The molecule has 0 aliphatic carbocycles. The van der Waals surface area contributed by atoms with Crippen LogP contribution in [0.4, 0.5) is 0 Å². The normalized spacial score (nSPS) is 15.8. The highest BCUT2D eigenvalue weighted by atomic mass is 16.5. The van der Waals surface area contributed by atoms with Crippen molar-refractivity contribution in [2.45, 2.75) is 40.2 Å². The first-order valence-electron chi connectivity index (χ1n) is 6.37. The van der Waals surface area contributed by atoms with Gasteiger partial charge in [0.15, 0.2) is 0 Å². The molecule has 0 amide bonds. The average Bonchev–Trinajstić information content (AvgIpc) is 2.50. The van der Waals surface area contributed by atoms with Crippen LogP contribution in [0.3, 0.4) is 0 Å². The van der Waals surface area contributed by atoms with Crippen LogP contribution in [0.2, 0.25) is 0 Å². The highest BCUT2D eigenvalue weighted by molar-refractivity contribution is 5.72. The first-order valence-corrected chi connectivity index (χ1v) is 6.37. The summed E-state index contributed by atoms with van der Waals surface area (Å²) in [5.41, 5.74) is 5.19. The van der Waals surface area contributed by atoms with Gasteiger partial charge in [-0.3, -0.25) is 4.98 Å². The molecule has 2 nitrogen and oxygen atoms in total. The van der Waals surface area contributed by atoms with E-state index in [1.54, 1.807) is 0 Å². The molecule has 0 radical (unpaired) electrons. The van der Waals surface area contributed by atoms with Gasteiger partial charge in [0, 0.05) is 11.8 Å². The van der Waals surface area contributed by atoms with Crippen LogP contribution in [0.25, 0.3) is 5.57 Å². The molecule has 0 spiro atoms. The van der Waals surface area contributed by atoms with Gasteiger partial charge in [0.05, 0.1) is 18.9 Å². The molecule has 0 saturated heterocycles. The van der Waals surface area contributed by atoms with E-state index in [2.05, 4.69) is 44.8 Å². The maximum Gasteiger partial charge on any atom is 0.0898 e. The summed E-state index contributed by atoms with van der Waals surface area (Å²) < 4.78 is 5.60. The molecule has 0 N–H and O–H groups in total. The molecule has 2 heteroatoms. The topological polar surface area (TPSA) is 22.1 Å². The van der Waals surface area contributed by atoms with Crippen molar-refractivity contribution in [2.24, 2.45) is 5.92 Å².